The molecule has 100 valence electrons. The zero-order valence-corrected chi connectivity index (χ0v) is 10.3. The number of hydrogen-bond acceptors (Lipinski definition) is 2. The number of alkyl halides is 3. The molecule has 1 atom stereocenters. The molecule has 0 spiro atoms. The summed E-state index contributed by atoms with van der Waals surface area (Å²) in [6.07, 6.45) is -3.47. The second-order valence-corrected chi connectivity index (χ2v) is 4.70. The average Bonchev–Trinajstić information content (AvgIpc) is 2.28. The molecule has 1 aliphatic heterocycles. The number of fused-ring (bicyclic) bond motifs is 1. The van der Waals surface area contributed by atoms with Crippen molar-refractivity contribution in [2.24, 2.45) is 0 Å². The zero-order chi connectivity index (χ0) is 13.2. The third-order valence-electron chi connectivity index (χ3n) is 3.29. The van der Waals surface area contributed by atoms with Crippen LogP contribution in [-0.4, -0.2) is 37.3 Å². The van der Waals surface area contributed by atoms with Crippen molar-refractivity contribution in [2.45, 2.75) is 25.2 Å². The average molecular weight is 258 g/mol. The van der Waals surface area contributed by atoms with Gasteiger partial charge in [0.2, 0.25) is 0 Å². The van der Waals surface area contributed by atoms with Crippen molar-refractivity contribution in [3.05, 3.63) is 35.4 Å². The van der Waals surface area contributed by atoms with Gasteiger partial charge < -0.3 is 5.32 Å². The first-order valence-corrected chi connectivity index (χ1v) is 6.02. The molecular weight excluding hydrogens is 241 g/mol. The molecule has 2 nitrogen and oxygen atoms in total. The highest BCUT2D eigenvalue weighted by atomic mass is 19.4. The molecule has 1 unspecified atom stereocenters. The van der Waals surface area contributed by atoms with E-state index in [4.69, 9.17) is 0 Å². The second-order valence-electron chi connectivity index (χ2n) is 4.70. The summed E-state index contributed by atoms with van der Waals surface area (Å²) in [5, 5.41) is 2.97. The van der Waals surface area contributed by atoms with Crippen LogP contribution in [0.15, 0.2) is 24.3 Å². The van der Waals surface area contributed by atoms with E-state index in [1.807, 2.05) is 24.3 Å². The Morgan fingerprint density at radius 2 is 1.94 bits per heavy atom. The van der Waals surface area contributed by atoms with Crippen LogP contribution in [0.5, 0.6) is 0 Å². The molecule has 1 aliphatic rings. The van der Waals surface area contributed by atoms with Gasteiger partial charge in [-0.3, -0.25) is 4.90 Å². The maximum absolute atomic E-state index is 12.6. The zero-order valence-electron chi connectivity index (χ0n) is 10.3. The lowest BCUT2D eigenvalue weighted by Gasteiger charge is -2.37. The Labute approximate surface area is 105 Å². The lowest BCUT2D eigenvalue weighted by molar-refractivity contribution is -0.153. The van der Waals surface area contributed by atoms with Gasteiger partial charge in [0, 0.05) is 19.1 Å². The molecule has 1 heterocycles. The van der Waals surface area contributed by atoms with E-state index in [1.54, 1.807) is 7.05 Å². The van der Waals surface area contributed by atoms with Crippen molar-refractivity contribution in [2.75, 3.05) is 20.1 Å². The molecule has 1 aromatic carbocycles. The lowest BCUT2D eigenvalue weighted by atomic mass is 9.94. The van der Waals surface area contributed by atoms with E-state index >= 15 is 0 Å². The number of likely N-dealkylation sites (N-methyl/N-ethyl adjacent to an activating group) is 1. The summed E-state index contributed by atoms with van der Waals surface area (Å²) in [5.41, 5.74) is 2.17. The number of halogens is 3. The molecule has 0 radical (unpaired) electrons. The van der Waals surface area contributed by atoms with Crippen molar-refractivity contribution < 1.29 is 13.2 Å². The number of benzene rings is 1. The molecule has 0 fully saturated rings. The van der Waals surface area contributed by atoms with E-state index in [1.165, 1.54) is 4.90 Å². The SMILES string of the molecule is CNCC1Cc2ccccc2CN1CC(F)(F)F. The van der Waals surface area contributed by atoms with Gasteiger partial charge in [-0.2, -0.15) is 13.2 Å². The minimum absolute atomic E-state index is 0.0912. The van der Waals surface area contributed by atoms with Gasteiger partial charge in [0.1, 0.15) is 0 Å². The summed E-state index contributed by atoms with van der Waals surface area (Å²) >= 11 is 0. The van der Waals surface area contributed by atoms with Crippen molar-refractivity contribution >= 4 is 0 Å². The van der Waals surface area contributed by atoms with E-state index < -0.39 is 12.7 Å². The van der Waals surface area contributed by atoms with Gasteiger partial charge in [-0.05, 0) is 24.6 Å². The predicted octanol–water partition coefficient (Wildman–Crippen LogP) is 2.20. The van der Waals surface area contributed by atoms with Gasteiger partial charge in [-0.15, -0.1) is 0 Å². The maximum Gasteiger partial charge on any atom is 0.401 e. The van der Waals surface area contributed by atoms with Crippen LogP contribution in [-0.2, 0) is 13.0 Å². The van der Waals surface area contributed by atoms with Crippen molar-refractivity contribution in [3.8, 4) is 0 Å². The standard InChI is InChI=1S/C13H17F3N2/c1-17-7-12-6-10-4-2-3-5-11(10)8-18(12)9-13(14,15)16/h2-5,12,17H,6-9H2,1H3. The highest BCUT2D eigenvalue weighted by Gasteiger charge is 2.35. The first-order chi connectivity index (χ1) is 8.49. The van der Waals surface area contributed by atoms with Gasteiger partial charge in [0.25, 0.3) is 0 Å². The van der Waals surface area contributed by atoms with Crippen molar-refractivity contribution in [3.63, 3.8) is 0 Å². The predicted molar refractivity (Wildman–Crippen MR) is 64.3 cm³/mol. The second kappa shape index (κ2) is 5.28. The molecule has 0 aliphatic carbocycles. The summed E-state index contributed by atoms with van der Waals surface area (Å²) < 4.78 is 37.7. The van der Waals surface area contributed by atoms with Crippen molar-refractivity contribution in [1.29, 1.82) is 0 Å². The van der Waals surface area contributed by atoms with E-state index in [-0.39, 0.29) is 6.04 Å². The number of nitrogens with one attached hydrogen (secondary N) is 1. The normalized spacial score (nSPS) is 20.8. The van der Waals surface area contributed by atoms with Crippen LogP contribution in [0.4, 0.5) is 13.2 Å². The monoisotopic (exact) mass is 258 g/mol. The highest BCUT2D eigenvalue weighted by Crippen LogP contribution is 2.26. The van der Waals surface area contributed by atoms with Gasteiger partial charge in [-0.25, -0.2) is 0 Å². The van der Waals surface area contributed by atoms with Crippen LogP contribution in [0.1, 0.15) is 11.1 Å². The fourth-order valence-electron chi connectivity index (χ4n) is 2.49. The molecule has 0 saturated heterocycles. The van der Waals surface area contributed by atoms with Gasteiger partial charge in [-0.1, -0.05) is 24.3 Å². The lowest BCUT2D eigenvalue weighted by Crippen LogP contribution is -2.49. The van der Waals surface area contributed by atoms with E-state index in [2.05, 4.69) is 5.32 Å². The van der Waals surface area contributed by atoms with E-state index in [9.17, 15) is 13.2 Å². The summed E-state index contributed by atoms with van der Waals surface area (Å²) in [5.74, 6) is 0. The Morgan fingerprint density at radius 1 is 1.28 bits per heavy atom. The molecular formula is C13H17F3N2. The van der Waals surface area contributed by atoms with Crippen LogP contribution >= 0.6 is 0 Å². The maximum atomic E-state index is 12.6. The fraction of sp³-hybridized carbons (Fsp3) is 0.538. The van der Waals surface area contributed by atoms with E-state index in [0.717, 1.165) is 11.1 Å². The summed E-state index contributed by atoms with van der Waals surface area (Å²) in [6.45, 7) is 0.111. The fourth-order valence-corrected chi connectivity index (χ4v) is 2.49. The molecule has 0 amide bonds. The smallest absolute Gasteiger partial charge is 0.318 e. The largest absolute Gasteiger partial charge is 0.401 e. The number of rotatable bonds is 3. The Balaban J connectivity index is 2.17. The number of nitrogens with zero attached hydrogens (tertiary/aromatic N) is 1. The molecule has 1 N–H and O–H groups in total. The third-order valence-corrected chi connectivity index (χ3v) is 3.29. The van der Waals surface area contributed by atoms with E-state index in [0.29, 0.717) is 19.5 Å². The Bertz CT molecular complexity index is 403. The minimum Gasteiger partial charge on any atom is -0.318 e. The van der Waals surface area contributed by atoms with Gasteiger partial charge in [0.05, 0.1) is 6.54 Å². The van der Waals surface area contributed by atoms with Gasteiger partial charge >= 0.3 is 6.18 Å². The van der Waals surface area contributed by atoms with Crippen LogP contribution in [0, 0.1) is 0 Å². The van der Waals surface area contributed by atoms with Crippen molar-refractivity contribution in [1.82, 2.24) is 10.2 Å². The Kier molecular flexibility index (Phi) is 3.92. The molecule has 5 heteroatoms. The van der Waals surface area contributed by atoms with Crippen LogP contribution < -0.4 is 5.32 Å². The molecule has 18 heavy (non-hydrogen) atoms. The summed E-state index contributed by atoms with van der Waals surface area (Å²) in [6, 6.07) is 7.64. The highest BCUT2D eigenvalue weighted by molar-refractivity contribution is 5.30. The minimum atomic E-state index is -4.14. The molecule has 1 aromatic rings. The van der Waals surface area contributed by atoms with Crippen LogP contribution in [0.2, 0.25) is 0 Å². The van der Waals surface area contributed by atoms with Crippen LogP contribution in [0.25, 0.3) is 0 Å². The summed E-state index contributed by atoms with van der Waals surface area (Å²) in [7, 11) is 1.77. The third kappa shape index (κ3) is 3.23. The first-order valence-electron chi connectivity index (χ1n) is 6.02. The molecule has 2 rings (SSSR count). The molecule has 0 aromatic heterocycles. The number of hydrogen-bond donors (Lipinski definition) is 1. The van der Waals surface area contributed by atoms with Crippen LogP contribution in [0.3, 0.4) is 0 Å². The Hall–Kier alpha value is -1.07. The van der Waals surface area contributed by atoms with Gasteiger partial charge in [0.15, 0.2) is 0 Å². The summed E-state index contributed by atoms with van der Waals surface area (Å²) in [4.78, 5) is 1.51. The molecule has 0 saturated carbocycles. The topological polar surface area (TPSA) is 15.3 Å². The Morgan fingerprint density at radius 3 is 2.56 bits per heavy atom. The quantitative estimate of drug-likeness (QED) is 0.894. The first kappa shape index (κ1) is 13.4. The molecule has 0 bridgehead atoms.